The van der Waals surface area contributed by atoms with E-state index in [1.54, 1.807) is 0 Å². The fourth-order valence-corrected chi connectivity index (χ4v) is 4.28. The van der Waals surface area contributed by atoms with Crippen molar-refractivity contribution in [1.82, 2.24) is 29.5 Å². The molecule has 4 heterocycles. The Labute approximate surface area is 173 Å². The van der Waals surface area contributed by atoms with Crippen LogP contribution < -0.4 is 0 Å². The molecule has 1 N–H and O–H groups in total. The number of aryl methyl sites for hydroxylation is 2. The molecule has 1 fully saturated rings. The third kappa shape index (κ3) is 3.24. The van der Waals surface area contributed by atoms with Gasteiger partial charge in [0.25, 0.3) is 0 Å². The van der Waals surface area contributed by atoms with Gasteiger partial charge in [0.2, 0.25) is 0 Å². The minimum Gasteiger partial charge on any atom is -0.465 e. The topological polar surface area (TPSA) is 96.5 Å². The van der Waals surface area contributed by atoms with Crippen molar-refractivity contribution in [1.29, 1.82) is 0 Å². The first kappa shape index (κ1) is 18.5. The van der Waals surface area contributed by atoms with Crippen LogP contribution in [0.25, 0.3) is 27.9 Å². The lowest BCUT2D eigenvalue weighted by molar-refractivity contribution is 0.132. The van der Waals surface area contributed by atoms with E-state index in [0.29, 0.717) is 24.8 Å². The number of nitrogens with zero attached hydrogens (tertiary/aromatic N) is 6. The molecule has 1 aliphatic heterocycles. The van der Waals surface area contributed by atoms with Crippen molar-refractivity contribution in [3.05, 3.63) is 53.6 Å². The summed E-state index contributed by atoms with van der Waals surface area (Å²) in [5.74, 6) is 0.924. The second-order valence-corrected chi connectivity index (χ2v) is 7.92. The Hall–Kier alpha value is -3.55. The van der Waals surface area contributed by atoms with Gasteiger partial charge in [-0.3, -0.25) is 4.98 Å². The van der Waals surface area contributed by atoms with Gasteiger partial charge in [0.15, 0.2) is 5.82 Å². The highest BCUT2D eigenvalue weighted by molar-refractivity contribution is 5.77. The van der Waals surface area contributed by atoms with Crippen molar-refractivity contribution in [2.24, 2.45) is 0 Å². The van der Waals surface area contributed by atoms with Crippen LogP contribution >= 0.6 is 0 Å². The number of fused-ring (bicyclic) bond motifs is 2. The van der Waals surface area contributed by atoms with Crippen LogP contribution in [0.1, 0.15) is 35.7 Å². The minimum atomic E-state index is -0.839. The summed E-state index contributed by atoms with van der Waals surface area (Å²) in [5, 5.41) is 17.9. The Bertz CT molecular complexity index is 1270. The summed E-state index contributed by atoms with van der Waals surface area (Å²) in [4.78, 5) is 21.8. The number of hydrogen-bond acceptors (Lipinski definition) is 5. The van der Waals surface area contributed by atoms with Crippen LogP contribution in [0, 0.1) is 13.8 Å². The summed E-state index contributed by atoms with van der Waals surface area (Å²) in [6.07, 6.45) is 4.79. The Morgan fingerprint density at radius 2 is 1.83 bits per heavy atom. The molecule has 0 aliphatic carbocycles. The number of benzene rings is 1. The number of rotatable bonds is 2. The van der Waals surface area contributed by atoms with Crippen LogP contribution in [0.15, 0.2) is 36.7 Å². The van der Waals surface area contributed by atoms with Gasteiger partial charge in [-0.1, -0.05) is 6.07 Å². The highest BCUT2D eigenvalue weighted by Gasteiger charge is 2.23. The average molecular weight is 402 g/mol. The van der Waals surface area contributed by atoms with Gasteiger partial charge < -0.3 is 14.4 Å². The van der Waals surface area contributed by atoms with Gasteiger partial charge >= 0.3 is 6.09 Å². The van der Waals surface area contributed by atoms with E-state index >= 15 is 0 Å². The van der Waals surface area contributed by atoms with E-state index in [4.69, 9.17) is 10.1 Å². The molecule has 5 rings (SSSR count). The van der Waals surface area contributed by atoms with E-state index in [0.717, 1.165) is 46.3 Å². The van der Waals surface area contributed by atoms with Gasteiger partial charge in [-0.15, -0.1) is 10.2 Å². The predicted octanol–water partition coefficient (Wildman–Crippen LogP) is 3.81. The van der Waals surface area contributed by atoms with Gasteiger partial charge in [0.05, 0.1) is 22.4 Å². The van der Waals surface area contributed by atoms with Crippen LogP contribution in [0.3, 0.4) is 0 Å². The summed E-state index contributed by atoms with van der Waals surface area (Å²) in [6, 6.07) is 8.14. The van der Waals surface area contributed by atoms with Crippen molar-refractivity contribution in [3.63, 3.8) is 0 Å². The van der Waals surface area contributed by atoms with E-state index in [9.17, 15) is 4.79 Å². The smallest absolute Gasteiger partial charge is 0.407 e. The Morgan fingerprint density at radius 1 is 1.03 bits per heavy atom. The molecular weight excluding hydrogens is 380 g/mol. The normalized spacial score (nSPS) is 15.2. The number of hydrogen-bond donors (Lipinski definition) is 1. The molecule has 152 valence electrons. The molecule has 1 aliphatic rings. The lowest BCUT2D eigenvalue weighted by atomic mass is 9.89. The summed E-state index contributed by atoms with van der Waals surface area (Å²) < 4.78 is 2.05. The summed E-state index contributed by atoms with van der Waals surface area (Å²) in [5.41, 5.74) is 6.59. The van der Waals surface area contributed by atoms with Crippen LogP contribution in [-0.2, 0) is 0 Å². The monoisotopic (exact) mass is 402 g/mol. The SMILES string of the molecule is Cc1cn2cc(-c3nnc4cc(C5CCN(C(=O)O)CC5)ccc4n3)cc2c(C)n1. The molecule has 0 radical (unpaired) electrons. The zero-order chi connectivity index (χ0) is 20.8. The van der Waals surface area contributed by atoms with Crippen molar-refractivity contribution in [2.75, 3.05) is 13.1 Å². The molecule has 0 atom stereocenters. The second-order valence-electron chi connectivity index (χ2n) is 7.92. The van der Waals surface area contributed by atoms with Crippen molar-refractivity contribution >= 4 is 22.6 Å². The van der Waals surface area contributed by atoms with Gasteiger partial charge in [0.1, 0.15) is 5.52 Å². The first-order valence-corrected chi connectivity index (χ1v) is 10.1. The molecular formula is C22H22N6O2. The Morgan fingerprint density at radius 3 is 2.60 bits per heavy atom. The lowest BCUT2D eigenvalue weighted by Gasteiger charge is -2.30. The fourth-order valence-electron chi connectivity index (χ4n) is 4.28. The maximum atomic E-state index is 11.1. The van der Waals surface area contributed by atoms with E-state index in [2.05, 4.69) is 21.2 Å². The number of likely N-dealkylation sites (tertiary alicyclic amines) is 1. The zero-order valence-corrected chi connectivity index (χ0v) is 16.9. The minimum absolute atomic E-state index is 0.335. The third-order valence-corrected chi connectivity index (χ3v) is 5.86. The highest BCUT2D eigenvalue weighted by Crippen LogP contribution is 2.30. The van der Waals surface area contributed by atoms with Gasteiger partial charge in [-0.05, 0) is 56.4 Å². The Kier molecular flexibility index (Phi) is 4.34. The third-order valence-electron chi connectivity index (χ3n) is 5.86. The number of piperidine rings is 1. The quantitative estimate of drug-likeness (QED) is 0.548. The maximum absolute atomic E-state index is 11.1. The summed E-state index contributed by atoms with van der Waals surface area (Å²) in [7, 11) is 0. The standard InChI is InChI=1S/C22H22N6O2/c1-13-11-28-12-17(10-20(28)14(2)23-13)21-24-18-4-3-16(9-19(18)25-26-21)15-5-7-27(8-6-15)22(29)30/h3-4,9-12,15H,5-8H2,1-2H3,(H,29,30). The number of carbonyl (C=O) groups is 1. The first-order valence-electron chi connectivity index (χ1n) is 10.1. The molecule has 0 saturated carbocycles. The molecule has 8 nitrogen and oxygen atoms in total. The van der Waals surface area contributed by atoms with Gasteiger partial charge in [-0.2, -0.15) is 0 Å². The van der Waals surface area contributed by atoms with Gasteiger partial charge in [0, 0.05) is 31.0 Å². The van der Waals surface area contributed by atoms with Crippen LogP contribution in [0.2, 0.25) is 0 Å². The van der Waals surface area contributed by atoms with Crippen molar-refractivity contribution in [3.8, 4) is 11.4 Å². The summed E-state index contributed by atoms with van der Waals surface area (Å²) >= 11 is 0. The van der Waals surface area contributed by atoms with Crippen LogP contribution in [0.5, 0.6) is 0 Å². The van der Waals surface area contributed by atoms with Crippen LogP contribution in [0.4, 0.5) is 4.79 Å². The van der Waals surface area contributed by atoms with E-state index in [1.807, 2.05) is 48.8 Å². The van der Waals surface area contributed by atoms with E-state index in [1.165, 1.54) is 10.5 Å². The second kappa shape index (κ2) is 7.05. The zero-order valence-electron chi connectivity index (χ0n) is 16.9. The molecule has 1 amide bonds. The molecule has 1 aromatic carbocycles. The molecule has 8 heteroatoms. The molecule has 0 unspecified atom stereocenters. The number of carboxylic acid groups (broad SMARTS) is 1. The molecule has 4 aromatic rings. The van der Waals surface area contributed by atoms with Crippen molar-refractivity contribution < 1.29 is 9.90 Å². The maximum Gasteiger partial charge on any atom is 0.407 e. The largest absolute Gasteiger partial charge is 0.465 e. The molecule has 1 saturated heterocycles. The molecule has 30 heavy (non-hydrogen) atoms. The predicted molar refractivity (Wildman–Crippen MR) is 113 cm³/mol. The van der Waals surface area contributed by atoms with Gasteiger partial charge in [-0.25, -0.2) is 9.78 Å². The fraction of sp³-hybridized carbons (Fsp3) is 0.318. The van der Waals surface area contributed by atoms with Crippen LogP contribution in [-0.4, -0.2) is 53.8 Å². The highest BCUT2D eigenvalue weighted by atomic mass is 16.4. The van der Waals surface area contributed by atoms with E-state index < -0.39 is 6.09 Å². The Balaban J connectivity index is 1.44. The lowest BCUT2D eigenvalue weighted by Crippen LogP contribution is -2.36. The molecule has 3 aromatic heterocycles. The average Bonchev–Trinajstić information content (AvgIpc) is 3.17. The first-order chi connectivity index (χ1) is 14.5. The number of amides is 1. The van der Waals surface area contributed by atoms with E-state index in [-0.39, 0.29) is 0 Å². The molecule has 0 bridgehead atoms. The van der Waals surface area contributed by atoms with Crippen molar-refractivity contribution in [2.45, 2.75) is 32.6 Å². The number of aromatic nitrogens is 5. The summed E-state index contributed by atoms with van der Waals surface area (Å²) in [6.45, 7) is 5.10. The molecule has 0 spiro atoms.